The van der Waals surface area contributed by atoms with Crippen molar-refractivity contribution < 1.29 is 8.42 Å². The van der Waals surface area contributed by atoms with Crippen LogP contribution in [0.3, 0.4) is 0 Å². The number of para-hydroxylation sites is 1. The smallest absolute Gasteiger partial charge is 0.239 e. The van der Waals surface area contributed by atoms with Gasteiger partial charge in [-0.05, 0) is 24.3 Å². The van der Waals surface area contributed by atoms with E-state index >= 15 is 0 Å². The molecule has 2 aromatic carbocycles. The number of nitrogens with two attached hydrogens (primary N) is 1. The summed E-state index contributed by atoms with van der Waals surface area (Å²) in [6.45, 7) is 0. The summed E-state index contributed by atoms with van der Waals surface area (Å²) in [7, 11) is -2.01. The Labute approximate surface area is 160 Å². The van der Waals surface area contributed by atoms with Crippen molar-refractivity contribution in [3.05, 3.63) is 63.7 Å². The van der Waals surface area contributed by atoms with Crippen LogP contribution in [0.2, 0.25) is 5.02 Å². The minimum atomic E-state index is -3.88. The first-order valence-corrected chi connectivity index (χ1v) is 9.73. The Hall–Kier alpha value is -1.64. The molecule has 3 aromatic rings. The number of nitrogens with zero attached hydrogens (tertiary/aromatic N) is 2. The molecule has 0 spiro atoms. The monoisotopic (exact) mass is 415 g/mol. The number of benzene rings is 2. The molecule has 25 heavy (non-hydrogen) atoms. The number of primary sulfonamides is 1. The summed E-state index contributed by atoms with van der Waals surface area (Å²) >= 11 is 7.40. The molecule has 0 aliphatic rings. The van der Waals surface area contributed by atoms with Gasteiger partial charge in [0.2, 0.25) is 10.0 Å². The Kier molecular flexibility index (Phi) is 6.08. The first-order chi connectivity index (χ1) is 11.4. The van der Waals surface area contributed by atoms with Crippen molar-refractivity contribution in [2.45, 2.75) is 4.90 Å². The van der Waals surface area contributed by atoms with Gasteiger partial charge in [0.25, 0.3) is 0 Å². The molecule has 0 atom stereocenters. The predicted molar refractivity (Wildman–Crippen MR) is 104 cm³/mol. The van der Waals surface area contributed by atoms with Crippen LogP contribution in [0.15, 0.2) is 63.8 Å². The summed E-state index contributed by atoms with van der Waals surface area (Å²) in [6.07, 6.45) is 0. The topological polar surface area (TPSA) is 77.5 Å². The quantitative estimate of drug-likeness (QED) is 0.707. The van der Waals surface area contributed by atoms with Gasteiger partial charge < -0.3 is 4.57 Å². The highest BCUT2D eigenvalue weighted by Gasteiger charge is 2.15. The van der Waals surface area contributed by atoms with E-state index in [1.165, 1.54) is 23.5 Å². The zero-order chi connectivity index (χ0) is 17.3. The third kappa shape index (κ3) is 4.31. The van der Waals surface area contributed by atoms with E-state index in [4.69, 9.17) is 16.7 Å². The average Bonchev–Trinajstić information content (AvgIpc) is 2.89. The normalized spacial score (nSPS) is 12.0. The lowest BCUT2D eigenvalue weighted by atomic mass is 10.2. The van der Waals surface area contributed by atoms with E-state index in [1.807, 2.05) is 47.3 Å². The lowest BCUT2D eigenvalue weighted by Gasteiger charge is -2.07. The fourth-order valence-corrected chi connectivity index (χ4v) is 4.22. The van der Waals surface area contributed by atoms with Crippen LogP contribution in [-0.4, -0.2) is 13.0 Å². The molecule has 0 unspecified atom stereocenters. The SMILES string of the molecule is Cl.Cn1c(-c2ccc(Cl)c(S(N)(=O)=O)c2)cs/c1=N/c1ccccc1. The highest BCUT2D eigenvalue weighted by molar-refractivity contribution is 7.89. The third-order valence-corrected chi connectivity index (χ3v) is 5.75. The van der Waals surface area contributed by atoms with Gasteiger partial charge in [-0.1, -0.05) is 35.9 Å². The van der Waals surface area contributed by atoms with E-state index in [0.29, 0.717) is 5.56 Å². The predicted octanol–water partition coefficient (Wildman–Crippen LogP) is 3.71. The number of thiazole rings is 1. The Morgan fingerprint density at radius 2 is 1.84 bits per heavy atom. The maximum absolute atomic E-state index is 11.6. The zero-order valence-corrected chi connectivity index (χ0v) is 16.3. The molecular formula is C16H15Cl2N3O2S2. The van der Waals surface area contributed by atoms with Crippen LogP contribution in [0, 0.1) is 0 Å². The van der Waals surface area contributed by atoms with Crippen LogP contribution in [0.1, 0.15) is 0 Å². The highest BCUT2D eigenvalue weighted by atomic mass is 35.5. The van der Waals surface area contributed by atoms with E-state index in [-0.39, 0.29) is 22.3 Å². The average molecular weight is 416 g/mol. The second kappa shape index (κ2) is 7.72. The summed E-state index contributed by atoms with van der Waals surface area (Å²) in [4.78, 5) is 5.29. The first kappa shape index (κ1) is 19.7. The van der Waals surface area contributed by atoms with E-state index in [2.05, 4.69) is 4.99 Å². The number of hydrogen-bond donors (Lipinski definition) is 1. The van der Waals surface area contributed by atoms with Gasteiger partial charge >= 0.3 is 0 Å². The number of rotatable bonds is 3. The van der Waals surface area contributed by atoms with Gasteiger partial charge in [-0.25, -0.2) is 18.5 Å². The molecule has 5 nitrogen and oxygen atoms in total. The standard InChI is InChI=1S/C16H14ClN3O2S2.ClH/c1-20-14(10-23-16(20)19-12-5-3-2-4-6-12)11-7-8-13(17)15(9-11)24(18,21)22;/h2-10H,1H3,(H2,18,21,22);1H/b19-16+;. The largest absolute Gasteiger partial charge is 0.320 e. The van der Waals surface area contributed by atoms with E-state index in [9.17, 15) is 8.42 Å². The van der Waals surface area contributed by atoms with Gasteiger partial charge in [-0.2, -0.15) is 0 Å². The molecule has 0 saturated carbocycles. The minimum absolute atomic E-state index is 0. The van der Waals surface area contributed by atoms with E-state index in [0.717, 1.165) is 16.2 Å². The minimum Gasteiger partial charge on any atom is -0.320 e. The number of halogens is 2. The van der Waals surface area contributed by atoms with Crippen molar-refractivity contribution in [2.75, 3.05) is 0 Å². The van der Waals surface area contributed by atoms with Crippen LogP contribution in [0.4, 0.5) is 5.69 Å². The lowest BCUT2D eigenvalue weighted by Crippen LogP contribution is -2.13. The molecule has 2 N–H and O–H groups in total. The fraction of sp³-hybridized carbons (Fsp3) is 0.0625. The molecular weight excluding hydrogens is 401 g/mol. The Morgan fingerprint density at radius 1 is 1.16 bits per heavy atom. The highest BCUT2D eigenvalue weighted by Crippen LogP contribution is 2.27. The van der Waals surface area contributed by atoms with E-state index in [1.54, 1.807) is 6.07 Å². The van der Waals surface area contributed by atoms with Gasteiger partial charge in [0.15, 0.2) is 4.80 Å². The lowest BCUT2D eigenvalue weighted by molar-refractivity contribution is 0.598. The number of hydrogen-bond acceptors (Lipinski definition) is 4. The molecule has 9 heteroatoms. The fourth-order valence-electron chi connectivity index (χ4n) is 2.23. The number of sulfonamides is 1. The van der Waals surface area contributed by atoms with Crippen LogP contribution >= 0.6 is 35.3 Å². The molecule has 0 radical (unpaired) electrons. The molecule has 0 bridgehead atoms. The van der Waals surface area contributed by atoms with Gasteiger partial charge in [-0.3, -0.25) is 0 Å². The summed E-state index contributed by atoms with van der Waals surface area (Å²) in [5, 5.41) is 7.23. The number of aromatic nitrogens is 1. The second-order valence-corrected chi connectivity index (χ2v) is 7.87. The van der Waals surface area contributed by atoms with Gasteiger partial charge in [0.1, 0.15) is 4.90 Å². The molecule has 1 heterocycles. The van der Waals surface area contributed by atoms with Crippen molar-refractivity contribution in [3.63, 3.8) is 0 Å². The van der Waals surface area contributed by atoms with E-state index < -0.39 is 10.0 Å². The first-order valence-electron chi connectivity index (χ1n) is 6.93. The van der Waals surface area contributed by atoms with Gasteiger partial charge in [0.05, 0.1) is 16.4 Å². The molecule has 1 aromatic heterocycles. The Balaban J connectivity index is 0.00000225. The summed E-state index contributed by atoms with van der Waals surface area (Å²) < 4.78 is 25.2. The summed E-state index contributed by atoms with van der Waals surface area (Å²) in [6, 6.07) is 14.4. The maximum Gasteiger partial charge on any atom is 0.239 e. The Morgan fingerprint density at radius 3 is 2.48 bits per heavy atom. The van der Waals surface area contributed by atoms with Crippen LogP contribution in [-0.2, 0) is 17.1 Å². The van der Waals surface area contributed by atoms with Crippen LogP contribution in [0.25, 0.3) is 11.3 Å². The molecule has 3 rings (SSSR count). The molecule has 0 aliphatic carbocycles. The zero-order valence-electron chi connectivity index (χ0n) is 13.1. The van der Waals surface area contributed by atoms with Crippen LogP contribution in [0.5, 0.6) is 0 Å². The second-order valence-electron chi connectivity index (χ2n) is 5.10. The van der Waals surface area contributed by atoms with Crippen LogP contribution < -0.4 is 9.94 Å². The Bertz CT molecular complexity index is 1060. The maximum atomic E-state index is 11.6. The molecule has 132 valence electrons. The molecule has 0 amide bonds. The summed E-state index contributed by atoms with van der Waals surface area (Å²) in [5.74, 6) is 0. The van der Waals surface area contributed by atoms with Crippen molar-refractivity contribution >= 4 is 51.1 Å². The van der Waals surface area contributed by atoms with Crippen molar-refractivity contribution in [1.82, 2.24) is 4.57 Å². The molecule has 0 fully saturated rings. The van der Waals surface area contributed by atoms with Gasteiger partial charge in [0, 0.05) is 18.0 Å². The third-order valence-electron chi connectivity index (χ3n) is 3.44. The molecule has 0 saturated heterocycles. The van der Waals surface area contributed by atoms with Crippen molar-refractivity contribution in [1.29, 1.82) is 0 Å². The molecule has 0 aliphatic heterocycles. The summed E-state index contributed by atoms with van der Waals surface area (Å²) in [5.41, 5.74) is 2.38. The van der Waals surface area contributed by atoms with Crippen molar-refractivity contribution in [3.8, 4) is 11.3 Å². The van der Waals surface area contributed by atoms with Gasteiger partial charge in [-0.15, -0.1) is 23.7 Å². The van der Waals surface area contributed by atoms with Crippen molar-refractivity contribution in [2.24, 2.45) is 17.2 Å².